The van der Waals surface area contributed by atoms with Crippen LogP contribution < -0.4 is 11.1 Å². The van der Waals surface area contributed by atoms with Crippen molar-refractivity contribution in [3.05, 3.63) is 30.1 Å². The van der Waals surface area contributed by atoms with Crippen LogP contribution in [0.4, 0.5) is 14.9 Å². The van der Waals surface area contributed by atoms with Gasteiger partial charge >= 0.3 is 6.09 Å². The van der Waals surface area contributed by atoms with Crippen LogP contribution in [0.15, 0.2) is 24.3 Å². The minimum Gasteiger partial charge on any atom is -0.444 e. The first-order valence-electron chi connectivity index (χ1n) is 5.64. The Hall–Kier alpha value is -1.62. The van der Waals surface area contributed by atoms with Gasteiger partial charge in [0.2, 0.25) is 0 Å². The van der Waals surface area contributed by atoms with E-state index in [9.17, 15) is 9.18 Å². The van der Waals surface area contributed by atoms with Crippen molar-refractivity contribution in [2.75, 3.05) is 5.32 Å². The number of ether oxygens (including phenoxy) is 1. The minimum atomic E-state index is -0.543. The van der Waals surface area contributed by atoms with Gasteiger partial charge in [-0.25, -0.2) is 9.18 Å². The zero-order chi connectivity index (χ0) is 12.3. The average molecular weight is 238 g/mol. The number of nitrogens with one attached hydrogen (secondary N) is 1. The lowest BCUT2D eigenvalue weighted by Crippen LogP contribution is -2.34. The number of amides is 1. The molecule has 2 rings (SSSR count). The maximum absolute atomic E-state index is 12.6. The molecular weight excluding hydrogens is 223 g/mol. The third-order valence-electron chi connectivity index (χ3n) is 2.85. The Morgan fingerprint density at radius 1 is 1.35 bits per heavy atom. The summed E-state index contributed by atoms with van der Waals surface area (Å²) in [6, 6.07) is 5.43. The van der Waals surface area contributed by atoms with Gasteiger partial charge in [-0.2, -0.15) is 0 Å². The Morgan fingerprint density at radius 2 is 2.06 bits per heavy atom. The van der Waals surface area contributed by atoms with E-state index in [4.69, 9.17) is 10.5 Å². The number of rotatable bonds is 2. The van der Waals surface area contributed by atoms with Crippen molar-refractivity contribution < 1.29 is 13.9 Å². The molecule has 0 aromatic heterocycles. The number of halogens is 1. The lowest BCUT2D eigenvalue weighted by atomic mass is 10.2. The van der Waals surface area contributed by atoms with Crippen LogP contribution in [0, 0.1) is 5.82 Å². The van der Waals surface area contributed by atoms with Gasteiger partial charge in [0.05, 0.1) is 0 Å². The molecule has 1 aromatic rings. The molecular formula is C12H15FN2O2. The molecule has 1 aliphatic carbocycles. The predicted molar refractivity (Wildman–Crippen MR) is 62.1 cm³/mol. The van der Waals surface area contributed by atoms with E-state index in [2.05, 4.69) is 5.32 Å². The van der Waals surface area contributed by atoms with Crippen molar-refractivity contribution in [3.63, 3.8) is 0 Å². The maximum atomic E-state index is 12.6. The second-order valence-electron chi connectivity index (χ2n) is 4.17. The highest BCUT2D eigenvalue weighted by Gasteiger charge is 2.27. The van der Waals surface area contributed by atoms with Crippen LogP contribution in [0.5, 0.6) is 0 Å². The quantitative estimate of drug-likeness (QED) is 0.830. The van der Waals surface area contributed by atoms with Crippen molar-refractivity contribution in [2.45, 2.75) is 31.4 Å². The van der Waals surface area contributed by atoms with E-state index in [0.29, 0.717) is 5.69 Å². The SMILES string of the molecule is NC1CCCC1OC(=O)Nc1ccc(F)cc1. The summed E-state index contributed by atoms with van der Waals surface area (Å²) in [5, 5.41) is 2.53. The van der Waals surface area contributed by atoms with Gasteiger partial charge < -0.3 is 10.5 Å². The zero-order valence-corrected chi connectivity index (χ0v) is 9.36. The smallest absolute Gasteiger partial charge is 0.411 e. The number of carbonyl (C=O) groups is 1. The topological polar surface area (TPSA) is 64.3 Å². The third-order valence-corrected chi connectivity index (χ3v) is 2.85. The summed E-state index contributed by atoms with van der Waals surface area (Å²) in [5.41, 5.74) is 6.29. The van der Waals surface area contributed by atoms with Gasteiger partial charge in [-0.15, -0.1) is 0 Å². The first-order chi connectivity index (χ1) is 8.15. The molecule has 0 aliphatic heterocycles. The normalized spacial score (nSPS) is 23.4. The molecule has 92 valence electrons. The van der Waals surface area contributed by atoms with Gasteiger partial charge in [0.15, 0.2) is 0 Å². The van der Waals surface area contributed by atoms with Crippen molar-refractivity contribution >= 4 is 11.8 Å². The minimum absolute atomic E-state index is 0.0750. The molecule has 2 unspecified atom stereocenters. The van der Waals surface area contributed by atoms with Crippen LogP contribution in [0.2, 0.25) is 0 Å². The molecule has 0 spiro atoms. The van der Waals surface area contributed by atoms with Gasteiger partial charge in [-0.1, -0.05) is 0 Å². The van der Waals surface area contributed by atoms with E-state index in [-0.39, 0.29) is 18.0 Å². The molecule has 1 aromatic carbocycles. The van der Waals surface area contributed by atoms with Crippen molar-refractivity contribution in [2.24, 2.45) is 5.73 Å². The Balaban J connectivity index is 1.86. The van der Waals surface area contributed by atoms with E-state index in [1.807, 2.05) is 0 Å². The third kappa shape index (κ3) is 3.17. The molecule has 1 fully saturated rings. The van der Waals surface area contributed by atoms with Gasteiger partial charge in [-0.3, -0.25) is 5.32 Å². The second-order valence-corrected chi connectivity index (χ2v) is 4.17. The lowest BCUT2D eigenvalue weighted by Gasteiger charge is -2.16. The van der Waals surface area contributed by atoms with Crippen LogP contribution in [-0.2, 0) is 4.74 Å². The fourth-order valence-electron chi connectivity index (χ4n) is 1.92. The number of hydrogen-bond donors (Lipinski definition) is 2. The summed E-state index contributed by atoms with van der Waals surface area (Å²) < 4.78 is 17.8. The number of carbonyl (C=O) groups excluding carboxylic acids is 1. The molecule has 0 heterocycles. The van der Waals surface area contributed by atoms with Crippen molar-refractivity contribution in [1.82, 2.24) is 0 Å². The zero-order valence-electron chi connectivity index (χ0n) is 9.36. The fourth-order valence-corrected chi connectivity index (χ4v) is 1.92. The highest BCUT2D eigenvalue weighted by Crippen LogP contribution is 2.20. The molecule has 0 radical (unpaired) electrons. The fraction of sp³-hybridized carbons (Fsp3) is 0.417. The molecule has 1 amide bonds. The van der Waals surface area contributed by atoms with Crippen molar-refractivity contribution in [3.8, 4) is 0 Å². The Kier molecular flexibility index (Phi) is 3.58. The number of benzene rings is 1. The molecule has 3 N–H and O–H groups in total. The molecule has 0 bridgehead atoms. The van der Waals surface area contributed by atoms with Crippen LogP contribution in [0.3, 0.4) is 0 Å². The van der Waals surface area contributed by atoms with Crippen LogP contribution in [-0.4, -0.2) is 18.2 Å². The van der Waals surface area contributed by atoms with Crippen LogP contribution in [0.1, 0.15) is 19.3 Å². The summed E-state index contributed by atoms with van der Waals surface area (Å²) in [6.45, 7) is 0. The van der Waals surface area contributed by atoms with Gasteiger partial charge in [0.25, 0.3) is 0 Å². The Morgan fingerprint density at radius 3 is 2.65 bits per heavy atom. The van der Waals surface area contributed by atoms with Gasteiger partial charge in [0, 0.05) is 11.7 Å². The highest BCUT2D eigenvalue weighted by atomic mass is 19.1. The maximum Gasteiger partial charge on any atom is 0.411 e. The number of anilines is 1. The summed E-state index contributed by atoms with van der Waals surface area (Å²) in [6.07, 6.45) is 1.91. The van der Waals surface area contributed by atoms with Gasteiger partial charge in [-0.05, 0) is 43.5 Å². The predicted octanol–water partition coefficient (Wildman–Crippen LogP) is 2.25. The first kappa shape index (κ1) is 11.9. The van der Waals surface area contributed by atoms with Gasteiger partial charge in [0.1, 0.15) is 11.9 Å². The van der Waals surface area contributed by atoms with Crippen LogP contribution in [0.25, 0.3) is 0 Å². The standard InChI is InChI=1S/C12H15FN2O2/c13-8-4-6-9(7-5-8)15-12(16)17-11-3-1-2-10(11)14/h4-7,10-11H,1-3,14H2,(H,15,16). The van der Waals surface area contributed by atoms with E-state index >= 15 is 0 Å². The Bertz CT molecular complexity index is 394. The monoisotopic (exact) mass is 238 g/mol. The van der Waals surface area contributed by atoms with Crippen LogP contribution >= 0.6 is 0 Å². The Labute approximate surface area is 98.9 Å². The molecule has 0 saturated heterocycles. The summed E-state index contributed by atoms with van der Waals surface area (Å²) in [4.78, 5) is 11.5. The summed E-state index contributed by atoms with van der Waals surface area (Å²) >= 11 is 0. The lowest BCUT2D eigenvalue weighted by molar-refractivity contribution is 0.105. The molecule has 17 heavy (non-hydrogen) atoms. The molecule has 4 nitrogen and oxygen atoms in total. The van der Waals surface area contributed by atoms with E-state index in [1.165, 1.54) is 24.3 Å². The van der Waals surface area contributed by atoms with Crippen molar-refractivity contribution in [1.29, 1.82) is 0 Å². The highest BCUT2D eigenvalue weighted by molar-refractivity contribution is 5.84. The van der Waals surface area contributed by atoms with E-state index < -0.39 is 6.09 Å². The second kappa shape index (κ2) is 5.14. The largest absolute Gasteiger partial charge is 0.444 e. The number of nitrogens with two attached hydrogens (primary N) is 1. The van der Waals surface area contributed by atoms with E-state index in [1.54, 1.807) is 0 Å². The first-order valence-corrected chi connectivity index (χ1v) is 5.64. The molecule has 5 heteroatoms. The van der Waals surface area contributed by atoms with E-state index in [0.717, 1.165) is 19.3 Å². The molecule has 1 aliphatic rings. The summed E-state index contributed by atoms with van der Waals surface area (Å²) in [7, 11) is 0. The number of hydrogen-bond acceptors (Lipinski definition) is 3. The molecule has 2 atom stereocenters. The summed E-state index contributed by atoms with van der Waals surface area (Å²) in [5.74, 6) is -0.346. The molecule has 1 saturated carbocycles. The average Bonchev–Trinajstić information content (AvgIpc) is 2.68.